The minimum atomic E-state index is -1.32. The number of amides is 1. The molecule has 2 fully saturated rings. The number of halogens is 1. The van der Waals surface area contributed by atoms with Gasteiger partial charge in [-0.3, -0.25) is 19.7 Å². The SMILES string of the molecule is O=C(c1cccc(Cl)c1)C1C(c2cccs2)C(C(=O)O)N(C(=O)C2CCC2)C1c1cccc([N+](=O)[O-])c1. The Kier molecular flexibility index (Phi) is 6.83. The van der Waals surface area contributed by atoms with Crippen molar-refractivity contribution in [1.82, 2.24) is 4.90 Å². The third-order valence-corrected chi connectivity index (χ3v) is 8.54. The van der Waals surface area contributed by atoms with Gasteiger partial charge < -0.3 is 10.0 Å². The molecule has 10 heteroatoms. The number of rotatable bonds is 7. The van der Waals surface area contributed by atoms with Gasteiger partial charge in [0, 0.05) is 39.4 Å². The number of likely N-dealkylation sites (tertiary alicyclic amines) is 1. The third kappa shape index (κ3) is 4.53. The molecular weight excluding hydrogens is 516 g/mol. The van der Waals surface area contributed by atoms with Crippen molar-refractivity contribution in [2.45, 2.75) is 37.3 Å². The molecule has 3 aromatic rings. The number of nitro groups is 1. The molecular formula is C27H23ClN2O6S. The molecule has 4 atom stereocenters. The van der Waals surface area contributed by atoms with Crippen molar-refractivity contribution >= 4 is 46.3 Å². The first-order valence-corrected chi connectivity index (χ1v) is 13.2. The van der Waals surface area contributed by atoms with Crippen molar-refractivity contribution in [2.24, 2.45) is 11.8 Å². The summed E-state index contributed by atoms with van der Waals surface area (Å²) in [6.45, 7) is 0. The maximum atomic E-state index is 14.2. The van der Waals surface area contributed by atoms with E-state index in [0.29, 0.717) is 28.3 Å². The second kappa shape index (κ2) is 10.1. The van der Waals surface area contributed by atoms with Crippen molar-refractivity contribution in [3.8, 4) is 0 Å². The van der Waals surface area contributed by atoms with E-state index in [1.165, 1.54) is 40.5 Å². The highest BCUT2D eigenvalue weighted by molar-refractivity contribution is 7.10. The van der Waals surface area contributed by atoms with Crippen LogP contribution >= 0.6 is 22.9 Å². The molecule has 0 spiro atoms. The van der Waals surface area contributed by atoms with E-state index in [2.05, 4.69) is 0 Å². The van der Waals surface area contributed by atoms with Gasteiger partial charge in [-0.1, -0.05) is 48.4 Å². The molecule has 1 N–H and O–H groups in total. The lowest BCUT2D eigenvalue weighted by Crippen LogP contribution is -2.47. The minimum absolute atomic E-state index is 0.200. The zero-order chi connectivity index (χ0) is 26.3. The van der Waals surface area contributed by atoms with Gasteiger partial charge in [0.15, 0.2) is 5.78 Å². The molecule has 2 heterocycles. The molecule has 1 aliphatic heterocycles. The number of hydrogen-bond acceptors (Lipinski definition) is 6. The molecule has 4 unspecified atom stereocenters. The van der Waals surface area contributed by atoms with Crippen LogP contribution in [0.3, 0.4) is 0 Å². The number of hydrogen-bond donors (Lipinski definition) is 1. The highest BCUT2D eigenvalue weighted by atomic mass is 35.5. The molecule has 1 aliphatic carbocycles. The number of ketones is 1. The van der Waals surface area contributed by atoms with E-state index >= 15 is 0 Å². The van der Waals surface area contributed by atoms with Crippen LogP contribution in [0.4, 0.5) is 5.69 Å². The van der Waals surface area contributed by atoms with Crippen LogP contribution < -0.4 is 0 Å². The van der Waals surface area contributed by atoms with Crippen LogP contribution in [0.5, 0.6) is 0 Å². The second-order valence-corrected chi connectivity index (χ2v) is 10.8. The maximum Gasteiger partial charge on any atom is 0.327 e. The van der Waals surface area contributed by atoms with Crippen LogP contribution in [-0.4, -0.2) is 38.6 Å². The fraction of sp³-hybridized carbons (Fsp3) is 0.296. The number of carbonyl (C=O) groups is 3. The monoisotopic (exact) mass is 538 g/mol. The number of nitrogens with zero attached hydrogens (tertiary/aromatic N) is 2. The number of nitro benzene ring substituents is 1. The molecule has 1 saturated heterocycles. The van der Waals surface area contributed by atoms with Crippen molar-refractivity contribution in [3.05, 3.63) is 97.2 Å². The molecule has 37 heavy (non-hydrogen) atoms. The molecule has 1 amide bonds. The number of aliphatic carboxylic acids is 1. The zero-order valence-corrected chi connectivity index (χ0v) is 21.1. The van der Waals surface area contributed by atoms with Crippen molar-refractivity contribution < 1.29 is 24.4 Å². The Morgan fingerprint density at radius 3 is 2.41 bits per heavy atom. The minimum Gasteiger partial charge on any atom is -0.480 e. The fourth-order valence-corrected chi connectivity index (χ4v) is 6.56. The first-order chi connectivity index (χ1) is 17.8. The number of non-ortho nitro benzene ring substituents is 1. The lowest BCUT2D eigenvalue weighted by atomic mass is 9.78. The number of carboxylic acid groups (broad SMARTS) is 1. The summed E-state index contributed by atoms with van der Waals surface area (Å²) in [6, 6.07) is 13.4. The van der Waals surface area contributed by atoms with Crippen LogP contribution in [0.2, 0.25) is 5.02 Å². The predicted molar refractivity (Wildman–Crippen MR) is 138 cm³/mol. The average molecular weight is 539 g/mol. The van der Waals surface area contributed by atoms with E-state index in [-0.39, 0.29) is 28.9 Å². The molecule has 0 bridgehead atoms. The third-order valence-electron chi connectivity index (χ3n) is 7.33. The molecule has 1 saturated carbocycles. The van der Waals surface area contributed by atoms with E-state index in [1.54, 1.807) is 41.8 Å². The largest absolute Gasteiger partial charge is 0.480 e. The van der Waals surface area contributed by atoms with Crippen molar-refractivity contribution in [1.29, 1.82) is 0 Å². The Morgan fingerprint density at radius 1 is 1.05 bits per heavy atom. The molecule has 0 radical (unpaired) electrons. The summed E-state index contributed by atoms with van der Waals surface area (Å²) in [5, 5.41) is 24.2. The number of Topliss-reactive ketones (excluding diaryl/α,β-unsaturated/α-hetero) is 1. The summed E-state index contributed by atoms with van der Waals surface area (Å²) < 4.78 is 0. The second-order valence-electron chi connectivity index (χ2n) is 9.39. The van der Waals surface area contributed by atoms with Gasteiger partial charge in [0.1, 0.15) is 6.04 Å². The highest BCUT2D eigenvalue weighted by Crippen LogP contribution is 2.53. The number of carbonyl (C=O) groups excluding carboxylic acids is 2. The zero-order valence-electron chi connectivity index (χ0n) is 19.5. The number of thiophene rings is 1. The summed E-state index contributed by atoms with van der Waals surface area (Å²) in [5.41, 5.74) is 0.443. The van der Waals surface area contributed by atoms with Gasteiger partial charge >= 0.3 is 5.97 Å². The molecule has 2 aromatic carbocycles. The van der Waals surface area contributed by atoms with E-state index < -0.39 is 34.8 Å². The standard InChI is InChI=1S/C27H23ClN2O6S/c28-18-9-2-8-17(13-18)25(31)22-21(20-11-4-12-37-20)24(27(33)34)29(26(32)15-5-1-6-15)23(22)16-7-3-10-19(14-16)30(35)36/h2-4,7-15,21-24H,1,5-6H2,(H,33,34). The molecule has 8 nitrogen and oxygen atoms in total. The van der Waals surface area contributed by atoms with Gasteiger partial charge in [-0.05, 0) is 42.0 Å². The van der Waals surface area contributed by atoms with Crippen LogP contribution in [0.1, 0.15) is 52.0 Å². The number of carboxylic acids is 1. The molecule has 2 aliphatic rings. The Balaban J connectivity index is 1.75. The lowest BCUT2D eigenvalue weighted by molar-refractivity contribution is -0.385. The van der Waals surface area contributed by atoms with E-state index in [9.17, 15) is 29.6 Å². The van der Waals surface area contributed by atoms with E-state index in [4.69, 9.17) is 11.6 Å². The highest BCUT2D eigenvalue weighted by Gasteiger charge is 2.59. The van der Waals surface area contributed by atoms with Gasteiger partial charge in [-0.2, -0.15) is 0 Å². The maximum absolute atomic E-state index is 14.2. The smallest absolute Gasteiger partial charge is 0.327 e. The topological polar surface area (TPSA) is 118 Å². The molecule has 190 valence electrons. The molecule has 1 aromatic heterocycles. The van der Waals surface area contributed by atoms with Crippen molar-refractivity contribution in [2.75, 3.05) is 0 Å². The summed E-state index contributed by atoms with van der Waals surface area (Å²) in [6.07, 6.45) is 2.14. The normalized spacial score (nSPS) is 23.4. The summed E-state index contributed by atoms with van der Waals surface area (Å²) in [4.78, 5) is 53.9. The first-order valence-electron chi connectivity index (χ1n) is 11.9. The van der Waals surface area contributed by atoms with Gasteiger partial charge in [0.25, 0.3) is 5.69 Å². The van der Waals surface area contributed by atoms with Gasteiger partial charge in [-0.15, -0.1) is 11.3 Å². The molecule has 5 rings (SSSR count). The Hall–Kier alpha value is -3.56. The van der Waals surface area contributed by atoms with Gasteiger partial charge in [-0.25, -0.2) is 4.79 Å². The van der Waals surface area contributed by atoms with Crippen LogP contribution in [0.25, 0.3) is 0 Å². The van der Waals surface area contributed by atoms with E-state index in [0.717, 1.165) is 6.42 Å². The average Bonchev–Trinajstić information content (AvgIpc) is 3.48. The van der Waals surface area contributed by atoms with Gasteiger partial charge in [0.2, 0.25) is 5.91 Å². The predicted octanol–water partition coefficient (Wildman–Crippen LogP) is 5.73. The van der Waals surface area contributed by atoms with Crippen LogP contribution in [0.15, 0.2) is 66.0 Å². The summed E-state index contributed by atoms with van der Waals surface area (Å²) in [7, 11) is 0. The summed E-state index contributed by atoms with van der Waals surface area (Å²) in [5.74, 6) is -4.11. The Morgan fingerprint density at radius 2 is 1.81 bits per heavy atom. The first kappa shape index (κ1) is 25.1. The summed E-state index contributed by atoms with van der Waals surface area (Å²) >= 11 is 7.50. The quantitative estimate of drug-likeness (QED) is 0.233. The van der Waals surface area contributed by atoms with Crippen LogP contribution in [-0.2, 0) is 9.59 Å². The van der Waals surface area contributed by atoms with E-state index in [1.807, 2.05) is 0 Å². The fourth-order valence-electron chi connectivity index (χ4n) is 5.47. The Bertz CT molecular complexity index is 1370. The number of benzene rings is 2. The van der Waals surface area contributed by atoms with Crippen LogP contribution in [0, 0.1) is 22.0 Å². The van der Waals surface area contributed by atoms with Crippen molar-refractivity contribution in [3.63, 3.8) is 0 Å². The lowest BCUT2D eigenvalue weighted by Gasteiger charge is -2.36. The Labute approximate surface area is 221 Å². The van der Waals surface area contributed by atoms with Gasteiger partial charge in [0.05, 0.1) is 16.9 Å².